The zero-order valence-corrected chi connectivity index (χ0v) is 16.5. The summed E-state index contributed by atoms with van der Waals surface area (Å²) in [6.07, 6.45) is 1.51. The molecule has 7 N–H and O–H groups in total. The lowest BCUT2D eigenvalue weighted by atomic mass is 10.1. The van der Waals surface area contributed by atoms with E-state index in [9.17, 15) is 23.4 Å². The minimum atomic E-state index is -4.13. The van der Waals surface area contributed by atoms with E-state index in [0.717, 1.165) is 23.0 Å². The number of aromatic amines is 1. The van der Waals surface area contributed by atoms with Gasteiger partial charge in [0.05, 0.1) is 23.0 Å². The fourth-order valence-corrected chi connectivity index (χ4v) is 4.10. The highest BCUT2D eigenvalue weighted by Crippen LogP contribution is 2.31. The second kappa shape index (κ2) is 8.02. The Morgan fingerprint density at radius 1 is 1.24 bits per heavy atom. The Labute approximate surface area is 167 Å². The third-order valence-corrected chi connectivity index (χ3v) is 5.76. The van der Waals surface area contributed by atoms with Gasteiger partial charge in [-0.15, -0.1) is 0 Å². The molecule has 1 aromatic heterocycles. The average Bonchev–Trinajstić information content (AvgIpc) is 3.08. The zero-order valence-electron chi connectivity index (χ0n) is 15.6. The second-order valence-electron chi connectivity index (χ2n) is 6.68. The molecule has 0 spiro atoms. The molecular formula is C19H22N4O5S. The molecule has 0 aliphatic carbocycles. The molecule has 9 nitrogen and oxygen atoms in total. The van der Waals surface area contributed by atoms with Crippen LogP contribution in [0.4, 0.5) is 11.4 Å². The first kappa shape index (κ1) is 20.5. The summed E-state index contributed by atoms with van der Waals surface area (Å²) in [6, 6.07) is 9.03. The first-order valence-corrected chi connectivity index (χ1v) is 10.3. The van der Waals surface area contributed by atoms with Crippen molar-refractivity contribution >= 4 is 38.2 Å². The number of benzene rings is 2. The van der Waals surface area contributed by atoms with Crippen LogP contribution in [0.5, 0.6) is 5.75 Å². The van der Waals surface area contributed by atoms with E-state index < -0.39 is 27.8 Å². The molecule has 2 aromatic carbocycles. The summed E-state index contributed by atoms with van der Waals surface area (Å²) >= 11 is 0. The first-order valence-electron chi connectivity index (χ1n) is 8.86. The summed E-state index contributed by atoms with van der Waals surface area (Å²) in [5.41, 5.74) is 6.10. The van der Waals surface area contributed by atoms with E-state index in [2.05, 4.69) is 15.0 Å². The van der Waals surface area contributed by atoms with Gasteiger partial charge in [0.2, 0.25) is 0 Å². The van der Waals surface area contributed by atoms with Crippen LogP contribution < -0.4 is 15.8 Å². The van der Waals surface area contributed by atoms with Crippen molar-refractivity contribution in [2.45, 2.75) is 24.3 Å². The fraction of sp³-hybridized carbons (Fsp3) is 0.211. The average molecular weight is 418 g/mol. The number of aromatic hydroxyl groups is 1. The van der Waals surface area contributed by atoms with Crippen LogP contribution in [0.3, 0.4) is 0 Å². The maximum Gasteiger partial charge on any atom is 0.263 e. The Morgan fingerprint density at radius 2 is 2.00 bits per heavy atom. The standard InChI is InChI=1S/C19H22N4O5S/c1-11(24)4-6-22-16-10-17(25)14(19(20)26)9-18(16)29(27,28)23-13-3-2-12-5-7-21-15(12)8-13/h2-3,5,7-11,21-25H,4,6H2,1H3,(H2,20,26). The number of fused-ring (bicyclic) bond motifs is 1. The molecular weight excluding hydrogens is 396 g/mol. The fourth-order valence-electron chi connectivity index (χ4n) is 2.86. The van der Waals surface area contributed by atoms with E-state index in [4.69, 9.17) is 5.73 Å². The molecule has 0 aliphatic heterocycles. The number of hydrogen-bond donors (Lipinski definition) is 6. The van der Waals surface area contributed by atoms with E-state index in [1.165, 1.54) is 0 Å². The number of rotatable bonds is 8. The van der Waals surface area contributed by atoms with Crippen LogP contribution in [0.2, 0.25) is 0 Å². The highest BCUT2D eigenvalue weighted by atomic mass is 32.2. The van der Waals surface area contributed by atoms with Gasteiger partial charge < -0.3 is 26.2 Å². The predicted octanol–water partition coefficient (Wildman–Crippen LogP) is 1.96. The van der Waals surface area contributed by atoms with Gasteiger partial charge in [0.1, 0.15) is 10.6 Å². The quantitative estimate of drug-likeness (QED) is 0.328. The minimum Gasteiger partial charge on any atom is -0.507 e. The van der Waals surface area contributed by atoms with Crippen molar-refractivity contribution in [1.82, 2.24) is 4.98 Å². The number of amides is 1. The van der Waals surface area contributed by atoms with Crippen LogP contribution in [0.25, 0.3) is 10.9 Å². The Morgan fingerprint density at radius 3 is 2.69 bits per heavy atom. The Balaban J connectivity index is 1.99. The summed E-state index contributed by atoms with van der Waals surface area (Å²) in [5, 5.41) is 23.2. The number of nitrogens with two attached hydrogens (primary N) is 1. The van der Waals surface area contributed by atoms with E-state index in [-0.39, 0.29) is 22.7 Å². The number of primary amides is 1. The molecule has 0 saturated heterocycles. The van der Waals surface area contributed by atoms with Crippen LogP contribution in [-0.4, -0.2) is 42.2 Å². The number of hydrogen-bond acceptors (Lipinski definition) is 6. The Bertz CT molecular complexity index is 1150. The normalized spacial score (nSPS) is 12.6. The van der Waals surface area contributed by atoms with Crippen molar-refractivity contribution in [1.29, 1.82) is 0 Å². The number of aromatic nitrogens is 1. The third kappa shape index (κ3) is 4.61. The number of phenols is 1. The second-order valence-corrected chi connectivity index (χ2v) is 8.33. The van der Waals surface area contributed by atoms with Crippen molar-refractivity contribution in [3.8, 4) is 5.75 Å². The molecule has 0 bridgehead atoms. The first-order chi connectivity index (χ1) is 13.7. The summed E-state index contributed by atoms with van der Waals surface area (Å²) in [4.78, 5) is 14.3. The molecule has 0 fully saturated rings. The molecule has 10 heteroatoms. The van der Waals surface area contributed by atoms with Crippen LogP contribution in [0.15, 0.2) is 47.5 Å². The zero-order chi connectivity index (χ0) is 21.2. The van der Waals surface area contributed by atoms with E-state index >= 15 is 0 Å². The summed E-state index contributed by atoms with van der Waals surface area (Å²) < 4.78 is 28.5. The number of carbonyl (C=O) groups excluding carboxylic acids is 1. The van der Waals surface area contributed by atoms with Crippen LogP contribution in [-0.2, 0) is 10.0 Å². The van der Waals surface area contributed by atoms with Gasteiger partial charge in [0, 0.05) is 24.3 Å². The monoisotopic (exact) mass is 418 g/mol. The molecule has 1 unspecified atom stereocenters. The topological polar surface area (TPSA) is 158 Å². The number of carbonyl (C=O) groups is 1. The van der Waals surface area contributed by atoms with Crippen molar-refractivity contribution in [3.05, 3.63) is 48.2 Å². The largest absolute Gasteiger partial charge is 0.507 e. The van der Waals surface area contributed by atoms with Crippen LogP contribution in [0.1, 0.15) is 23.7 Å². The van der Waals surface area contributed by atoms with Crippen LogP contribution >= 0.6 is 0 Å². The van der Waals surface area contributed by atoms with E-state index in [1.807, 2.05) is 6.07 Å². The molecule has 0 radical (unpaired) electrons. The number of aliphatic hydroxyl groups is 1. The number of nitrogens with one attached hydrogen (secondary N) is 3. The number of aliphatic hydroxyl groups excluding tert-OH is 1. The lowest BCUT2D eigenvalue weighted by molar-refractivity contribution is 0.0997. The minimum absolute atomic E-state index is 0.0848. The van der Waals surface area contributed by atoms with Crippen LogP contribution in [0, 0.1) is 0 Å². The third-order valence-electron chi connectivity index (χ3n) is 4.34. The molecule has 0 saturated carbocycles. The lowest BCUT2D eigenvalue weighted by Gasteiger charge is -2.16. The molecule has 1 atom stereocenters. The van der Waals surface area contributed by atoms with Gasteiger partial charge in [0.25, 0.3) is 15.9 Å². The number of H-pyrrole nitrogens is 1. The van der Waals surface area contributed by atoms with Crippen molar-refractivity contribution in [2.24, 2.45) is 5.73 Å². The number of sulfonamides is 1. The SMILES string of the molecule is CC(O)CCNc1cc(O)c(C(N)=O)cc1S(=O)(=O)Nc1ccc2cc[nH]c2c1. The lowest BCUT2D eigenvalue weighted by Crippen LogP contribution is -2.19. The predicted molar refractivity (Wildman–Crippen MR) is 111 cm³/mol. The summed E-state index contributed by atoms with van der Waals surface area (Å²) in [6.45, 7) is 1.86. The van der Waals surface area contributed by atoms with Crippen molar-refractivity contribution < 1.29 is 23.4 Å². The Hall–Kier alpha value is -3.24. The van der Waals surface area contributed by atoms with Crippen molar-refractivity contribution in [3.63, 3.8) is 0 Å². The summed E-state index contributed by atoms with van der Waals surface area (Å²) in [5.74, 6) is -1.40. The molecule has 154 valence electrons. The van der Waals surface area contributed by atoms with Gasteiger partial charge in [0.15, 0.2) is 0 Å². The van der Waals surface area contributed by atoms with Crippen molar-refractivity contribution in [2.75, 3.05) is 16.6 Å². The van der Waals surface area contributed by atoms with Gasteiger partial charge in [-0.05, 0) is 43.0 Å². The maximum atomic E-state index is 13.0. The molecule has 3 aromatic rings. The summed E-state index contributed by atoms with van der Waals surface area (Å²) in [7, 11) is -4.13. The smallest absolute Gasteiger partial charge is 0.263 e. The van der Waals surface area contributed by atoms with E-state index in [1.54, 1.807) is 31.3 Å². The molecule has 0 aliphatic rings. The molecule has 29 heavy (non-hydrogen) atoms. The Kier molecular flexibility index (Phi) is 5.66. The maximum absolute atomic E-state index is 13.0. The van der Waals surface area contributed by atoms with Gasteiger partial charge in [-0.2, -0.15) is 0 Å². The molecule has 1 amide bonds. The highest BCUT2D eigenvalue weighted by molar-refractivity contribution is 7.92. The molecule has 3 rings (SSSR count). The van der Waals surface area contributed by atoms with Gasteiger partial charge in [-0.1, -0.05) is 6.07 Å². The van der Waals surface area contributed by atoms with Gasteiger partial charge in [-0.25, -0.2) is 8.42 Å². The number of anilines is 2. The molecule has 1 heterocycles. The van der Waals surface area contributed by atoms with Gasteiger partial charge in [-0.3, -0.25) is 9.52 Å². The van der Waals surface area contributed by atoms with E-state index in [0.29, 0.717) is 12.1 Å². The van der Waals surface area contributed by atoms with Gasteiger partial charge >= 0.3 is 0 Å². The highest BCUT2D eigenvalue weighted by Gasteiger charge is 2.23.